The molecule has 0 saturated heterocycles. The Labute approximate surface area is 58.0 Å². The number of methoxy groups -OCH3 is 1. The smallest absolute Gasteiger partial charge is 0.312 e. The molecule has 0 spiro atoms. The van der Waals surface area contributed by atoms with Gasteiger partial charge in [0.1, 0.15) is 0 Å². The van der Waals surface area contributed by atoms with Crippen LogP contribution in [-0.4, -0.2) is 24.3 Å². The molecule has 54 valence electrons. The molecular formula is C7H8O3. The number of carbonyl (C=O) groups excluding carboxylic acids is 1. The molecule has 4 saturated carbocycles. The van der Waals surface area contributed by atoms with Crippen LogP contribution in [0.15, 0.2) is 0 Å². The second kappa shape index (κ2) is 1.01. The molecule has 0 heterocycles. The number of carbonyl (C=O) groups is 1. The van der Waals surface area contributed by atoms with Gasteiger partial charge >= 0.3 is 5.97 Å². The zero-order valence-corrected chi connectivity index (χ0v) is 5.57. The Morgan fingerprint density at radius 3 is 2.40 bits per heavy atom. The van der Waals surface area contributed by atoms with Crippen LogP contribution in [0.5, 0.6) is 0 Å². The molecule has 3 nitrogen and oxygen atoms in total. The van der Waals surface area contributed by atoms with Crippen LogP contribution in [0, 0.1) is 23.2 Å². The molecule has 5 atom stereocenters. The Morgan fingerprint density at radius 2 is 2.10 bits per heavy atom. The Bertz CT molecular complexity index is 223. The number of aliphatic hydroxyl groups is 1. The molecule has 0 aromatic carbocycles. The van der Waals surface area contributed by atoms with Crippen LogP contribution in [0.2, 0.25) is 0 Å². The molecule has 0 amide bonds. The summed E-state index contributed by atoms with van der Waals surface area (Å²) < 4.78 is 4.62. The highest BCUT2D eigenvalue weighted by molar-refractivity contribution is 5.91. The zero-order chi connectivity index (χ0) is 7.09. The fraction of sp³-hybridized carbons (Fsp3) is 0.857. The Kier molecular flexibility index (Phi) is 0.520. The minimum absolute atomic E-state index is 0.0993. The highest BCUT2D eigenvalue weighted by Gasteiger charge is 3.03. The lowest BCUT2D eigenvalue weighted by Crippen LogP contribution is -2.45. The van der Waals surface area contributed by atoms with Gasteiger partial charge in [0, 0.05) is 11.8 Å². The van der Waals surface area contributed by atoms with Gasteiger partial charge in [0.15, 0.2) is 0 Å². The molecule has 10 heavy (non-hydrogen) atoms. The van der Waals surface area contributed by atoms with Crippen molar-refractivity contribution >= 4 is 5.97 Å². The van der Waals surface area contributed by atoms with Gasteiger partial charge < -0.3 is 9.84 Å². The van der Waals surface area contributed by atoms with Crippen molar-refractivity contribution in [1.29, 1.82) is 0 Å². The standard InChI is InChI=1S/C7H8O3/c1-10-6(9)7-2-3(7)5(8)4(2)7/h2-5,8H,1H3/t2?,3-,4+,5?,7?. The molecule has 1 N–H and O–H groups in total. The van der Waals surface area contributed by atoms with Gasteiger partial charge in [0.2, 0.25) is 0 Å². The second-order valence-electron chi connectivity index (χ2n) is 3.49. The molecule has 4 rings (SSSR count). The first-order valence-corrected chi connectivity index (χ1v) is 3.52. The molecule has 4 aliphatic carbocycles. The summed E-state index contributed by atoms with van der Waals surface area (Å²) in [5, 5.41) is 9.09. The first-order chi connectivity index (χ1) is 4.76. The highest BCUT2D eigenvalue weighted by atomic mass is 16.5. The third-order valence-corrected chi connectivity index (χ3v) is 3.49. The fourth-order valence-corrected chi connectivity index (χ4v) is 2.79. The largest absolute Gasteiger partial charge is 0.469 e. The molecule has 0 radical (unpaired) electrons. The van der Waals surface area contributed by atoms with Gasteiger partial charge in [0.05, 0.1) is 18.6 Å². The van der Waals surface area contributed by atoms with Gasteiger partial charge in [-0.2, -0.15) is 0 Å². The molecule has 4 fully saturated rings. The van der Waals surface area contributed by atoms with Crippen molar-refractivity contribution in [3.8, 4) is 0 Å². The molecule has 3 unspecified atom stereocenters. The molecular weight excluding hydrogens is 132 g/mol. The Balaban J connectivity index is 1.85. The number of rotatable bonds is 1. The van der Waals surface area contributed by atoms with E-state index in [1.807, 2.05) is 0 Å². The average Bonchev–Trinajstić information content (AvgIpc) is 2.67. The minimum Gasteiger partial charge on any atom is -0.469 e. The van der Waals surface area contributed by atoms with E-state index in [0.717, 1.165) is 0 Å². The third kappa shape index (κ3) is 0.219. The highest BCUT2D eigenvalue weighted by Crippen LogP contribution is 2.96. The first kappa shape index (κ1) is 5.13. The lowest BCUT2D eigenvalue weighted by atomic mass is 9.73. The summed E-state index contributed by atoms with van der Waals surface area (Å²) in [6.07, 6.45) is -0.177. The van der Waals surface area contributed by atoms with Crippen LogP contribution in [0.1, 0.15) is 0 Å². The van der Waals surface area contributed by atoms with Crippen LogP contribution in [0.4, 0.5) is 0 Å². The normalized spacial score (nSPS) is 65.8. The van der Waals surface area contributed by atoms with E-state index >= 15 is 0 Å². The van der Waals surface area contributed by atoms with Crippen LogP contribution < -0.4 is 0 Å². The van der Waals surface area contributed by atoms with E-state index in [-0.39, 0.29) is 29.3 Å². The van der Waals surface area contributed by atoms with Gasteiger partial charge in [-0.3, -0.25) is 4.79 Å². The van der Waals surface area contributed by atoms with Crippen molar-refractivity contribution in [3.63, 3.8) is 0 Å². The van der Waals surface area contributed by atoms with E-state index in [0.29, 0.717) is 5.92 Å². The van der Waals surface area contributed by atoms with Gasteiger partial charge in [-0.15, -0.1) is 0 Å². The monoisotopic (exact) mass is 140 g/mol. The van der Waals surface area contributed by atoms with Gasteiger partial charge in [-0.1, -0.05) is 0 Å². The maximum Gasteiger partial charge on any atom is 0.312 e. The first-order valence-electron chi connectivity index (χ1n) is 3.52. The van der Waals surface area contributed by atoms with Crippen molar-refractivity contribution < 1.29 is 14.6 Å². The quantitative estimate of drug-likeness (QED) is 0.494. The van der Waals surface area contributed by atoms with Crippen molar-refractivity contribution in [2.24, 2.45) is 23.2 Å². The molecule has 3 heteroatoms. The average molecular weight is 140 g/mol. The molecule has 0 aliphatic heterocycles. The molecule has 2 bridgehead atoms. The summed E-state index contributed by atoms with van der Waals surface area (Å²) in [6, 6.07) is 0. The molecule has 0 aromatic rings. The Hall–Kier alpha value is -0.570. The van der Waals surface area contributed by atoms with Gasteiger partial charge in [-0.05, 0) is 5.92 Å². The molecule has 4 aliphatic rings. The van der Waals surface area contributed by atoms with Crippen LogP contribution in [0.25, 0.3) is 0 Å². The summed E-state index contributed by atoms with van der Waals surface area (Å²) in [4.78, 5) is 11.0. The third-order valence-electron chi connectivity index (χ3n) is 3.49. The predicted molar refractivity (Wildman–Crippen MR) is 30.9 cm³/mol. The van der Waals surface area contributed by atoms with Crippen molar-refractivity contribution in [3.05, 3.63) is 0 Å². The fourth-order valence-electron chi connectivity index (χ4n) is 2.79. The summed E-state index contributed by atoms with van der Waals surface area (Å²) in [5.74, 6) is 0.975. The van der Waals surface area contributed by atoms with E-state index in [1.54, 1.807) is 0 Å². The number of ether oxygens (including phenoxy) is 1. The topological polar surface area (TPSA) is 46.5 Å². The maximum absolute atomic E-state index is 11.0. The van der Waals surface area contributed by atoms with Crippen LogP contribution in [-0.2, 0) is 9.53 Å². The van der Waals surface area contributed by atoms with Crippen molar-refractivity contribution in [2.45, 2.75) is 6.10 Å². The lowest BCUT2D eigenvalue weighted by Gasteiger charge is -2.35. The second-order valence-corrected chi connectivity index (χ2v) is 3.49. The number of esters is 1. The van der Waals surface area contributed by atoms with E-state index in [9.17, 15) is 4.79 Å². The predicted octanol–water partition coefficient (Wildman–Crippen LogP) is -0.604. The van der Waals surface area contributed by atoms with Crippen LogP contribution >= 0.6 is 0 Å². The minimum atomic E-state index is -0.177. The summed E-state index contributed by atoms with van der Waals surface area (Å²) in [6.45, 7) is 0. The van der Waals surface area contributed by atoms with E-state index in [1.165, 1.54) is 7.11 Å². The van der Waals surface area contributed by atoms with Crippen molar-refractivity contribution in [1.82, 2.24) is 0 Å². The lowest BCUT2D eigenvalue weighted by molar-refractivity contribution is -0.155. The van der Waals surface area contributed by atoms with Crippen molar-refractivity contribution in [2.75, 3.05) is 7.11 Å². The van der Waals surface area contributed by atoms with Crippen LogP contribution in [0.3, 0.4) is 0 Å². The maximum atomic E-state index is 11.0. The summed E-state index contributed by atoms with van der Waals surface area (Å²) in [5.41, 5.74) is -0.159. The van der Waals surface area contributed by atoms with Gasteiger partial charge in [-0.25, -0.2) is 0 Å². The van der Waals surface area contributed by atoms with E-state index < -0.39 is 0 Å². The summed E-state index contributed by atoms with van der Waals surface area (Å²) in [7, 11) is 1.41. The zero-order valence-electron chi connectivity index (χ0n) is 5.57. The van der Waals surface area contributed by atoms with E-state index in [2.05, 4.69) is 4.74 Å². The number of hydrogen-bond donors (Lipinski definition) is 1. The number of aliphatic hydroxyl groups excluding tert-OH is 1. The molecule has 0 aromatic heterocycles. The number of hydrogen-bond acceptors (Lipinski definition) is 3. The van der Waals surface area contributed by atoms with E-state index in [4.69, 9.17) is 5.11 Å². The Morgan fingerprint density at radius 1 is 1.50 bits per heavy atom. The van der Waals surface area contributed by atoms with Gasteiger partial charge in [0.25, 0.3) is 0 Å². The summed E-state index contributed by atoms with van der Waals surface area (Å²) >= 11 is 0. The SMILES string of the molecule is COC(=O)C12C3[C@H]1C(O)[C@@H]32.